The molecule has 8 heteroatoms. The maximum atomic E-state index is 12.6. The molecule has 0 aliphatic carbocycles. The summed E-state index contributed by atoms with van der Waals surface area (Å²) in [5.74, 6) is -0.737. The number of carbonyl (C=O) groups excluding carboxylic acids is 3. The highest BCUT2D eigenvalue weighted by Crippen LogP contribution is 2.33. The molecule has 134 valence electrons. The zero-order valence-electron chi connectivity index (χ0n) is 13.8. The van der Waals surface area contributed by atoms with E-state index >= 15 is 0 Å². The Balaban J connectivity index is 1.71. The average Bonchev–Trinajstić information content (AvgIpc) is 2.90. The van der Waals surface area contributed by atoms with Crippen LogP contribution in [0.2, 0.25) is 0 Å². The second-order valence-corrected chi connectivity index (χ2v) is 7.33. The number of imide groups is 1. The number of halogens is 1. The zero-order valence-corrected chi connectivity index (χ0v) is 16.2. The normalized spacial score (nSPS) is 16.7. The van der Waals surface area contributed by atoms with Crippen LogP contribution in [-0.4, -0.2) is 29.1 Å². The summed E-state index contributed by atoms with van der Waals surface area (Å²) in [5.41, 5.74) is 1.59. The van der Waals surface area contributed by atoms with Crippen molar-refractivity contribution in [1.82, 2.24) is 0 Å². The molecule has 1 heterocycles. The highest BCUT2D eigenvalue weighted by atomic mass is 79.9. The monoisotopic (exact) mass is 434 g/mol. The number of rotatable bonds is 5. The van der Waals surface area contributed by atoms with Crippen LogP contribution in [0, 0.1) is 0 Å². The van der Waals surface area contributed by atoms with Gasteiger partial charge in [-0.15, -0.1) is 0 Å². The van der Waals surface area contributed by atoms with Gasteiger partial charge in [0.2, 0.25) is 0 Å². The third-order valence-corrected chi connectivity index (χ3v) is 5.09. The highest BCUT2D eigenvalue weighted by Gasteiger charge is 2.40. The Labute approximate surface area is 163 Å². The second kappa shape index (κ2) is 7.92. The number of ether oxygens (including phenoxy) is 1. The van der Waals surface area contributed by atoms with Crippen molar-refractivity contribution in [2.75, 3.05) is 16.8 Å². The van der Waals surface area contributed by atoms with Gasteiger partial charge in [0.15, 0.2) is 5.37 Å². The summed E-state index contributed by atoms with van der Waals surface area (Å²) in [5, 5.41) is 1.96. The highest BCUT2D eigenvalue weighted by molar-refractivity contribution is 9.10. The Kier molecular flexibility index (Phi) is 5.63. The third-order valence-electron chi connectivity index (χ3n) is 3.62. The maximum Gasteiger partial charge on any atom is 0.338 e. The minimum absolute atomic E-state index is 0.306. The molecule has 1 aliphatic heterocycles. The topological polar surface area (TPSA) is 75.7 Å². The van der Waals surface area contributed by atoms with E-state index in [2.05, 4.69) is 21.2 Å². The molecule has 3 rings (SSSR count). The molecule has 2 aromatic carbocycles. The van der Waals surface area contributed by atoms with Crippen molar-refractivity contribution in [3.8, 4) is 0 Å². The van der Waals surface area contributed by atoms with Gasteiger partial charge in [-0.3, -0.25) is 9.59 Å². The van der Waals surface area contributed by atoms with Crippen LogP contribution in [0.4, 0.5) is 16.2 Å². The van der Waals surface area contributed by atoms with Gasteiger partial charge < -0.3 is 10.1 Å². The number of nitrogens with one attached hydrogen (secondary N) is 1. The number of hydrogen-bond acceptors (Lipinski definition) is 6. The fourth-order valence-electron chi connectivity index (χ4n) is 2.39. The molecule has 1 fully saturated rings. The average molecular weight is 435 g/mol. The number of thioether (sulfide) groups is 1. The maximum absolute atomic E-state index is 12.6. The minimum atomic E-state index is -0.723. The molecule has 0 aromatic heterocycles. The van der Waals surface area contributed by atoms with Crippen LogP contribution in [0.3, 0.4) is 0 Å². The van der Waals surface area contributed by atoms with Crippen LogP contribution in [0.25, 0.3) is 0 Å². The van der Waals surface area contributed by atoms with E-state index in [-0.39, 0.29) is 11.1 Å². The van der Waals surface area contributed by atoms with Crippen LogP contribution >= 0.6 is 27.7 Å². The van der Waals surface area contributed by atoms with Gasteiger partial charge in [0.05, 0.1) is 17.9 Å². The Bertz CT molecular complexity index is 839. The van der Waals surface area contributed by atoms with Gasteiger partial charge in [-0.2, -0.15) is 0 Å². The van der Waals surface area contributed by atoms with Crippen molar-refractivity contribution in [3.05, 3.63) is 58.6 Å². The van der Waals surface area contributed by atoms with Crippen LogP contribution in [-0.2, 0) is 9.53 Å². The fourth-order valence-corrected chi connectivity index (χ4v) is 3.56. The number of anilines is 2. The van der Waals surface area contributed by atoms with E-state index in [0.29, 0.717) is 23.5 Å². The Morgan fingerprint density at radius 3 is 2.42 bits per heavy atom. The molecular weight excluding hydrogens is 420 g/mol. The number of esters is 1. The molecule has 0 spiro atoms. The first-order chi connectivity index (χ1) is 12.5. The Morgan fingerprint density at radius 2 is 1.81 bits per heavy atom. The van der Waals surface area contributed by atoms with Crippen molar-refractivity contribution in [2.24, 2.45) is 0 Å². The van der Waals surface area contributed by atoms with Crippen LogP contribution in [0.15, 0.2) is 53.0 Å². The number of hydrogen-bond donors (Lipinski definition) is 1. The summed E-state index contributed by atoms with van der Waals surface area (Å²) in [4.78, 5) is 37.7. The predicted octanol–water partition coefficient (Wildman–Crippen LogP) is 4.26. The molecule has 1 N–H and O–H groups in total. The van der Waals surface area contributed by atoms with Gasteiger partial charge in [0, 0.05) is 10.2 Å². The smallest absolute Gasteiger partial charge is 0.338 e. The predicted molar refractivity (Wildman–Crippen MR) is 104 cm³/mol. The Morgan fingerprint density at radius 1 is 1.15 bits per heavy atom. The van der Waals surface area contributed by atoms with Crippen LogP contribution in [0.5, 0.6) is 0 Å². The summed E-state index contributed by atoms with van der Waals surface area (Å²) in [6.45, 7) is 2.05. The first kappa shape index (κ1) is 18.5. The number of carbonyl (C=O) groups is 3. The molecular formula is C18H15BrN2O4S. The Hall–Kier alpha value is -2.32. The van der Waals surface area contributed by atoms with E-state index < -0.39 is 11.3 Å². The van der Waals surface area contributed by atoms with Crippen molar-refractivity contribution in [1.29, 1.82) is 0 Å². The van der Waals surface area contributed by atoms with E-state index in [9.17, 15) is 14.4 Å². The standard InChI is InChI=1S/C18H15BrN2O4S/c1-2-25-17(23)11-3-7-13(8-4-11)20-15-16(22)21(18(24)26-15)14-9-5-12(19)6-10-14/h3-10,15,20H,2H2,1H3/t15-/m1/s1. The van der Waals surface area contributed by atoms with E-state index in [4.69, 9.17) is 4.74 Å². The third kappa shape index (κ3) is 3.91. The molecule has 1 aliphatic rings. The van der Waals surface area contributed by atoms with Crippen molar-refractivity contribution in [3.63, 3.8) is 0 Å². The number of benzene rings is 2. The van der Waals surface area contributed by atoms with Crippen molar-refractivity contribution < 1.29 is 19.1 Å². The first-order valence-corrected chi connectivity index (χ1v) is 9.50. The minimum Gasteiger partial charge on any atom is -0.462 e. The lowest BCUT2D eigenvalue weighted by molar-refractivity contribution is -0.116. The van der Waals surface area contributed by atoms with Crippen molar-refractivity contribution >= 4 is 56.2 Å². The lowest BCUT2D eigenvalue weighted by atomic mass is 10.2. The summed E-state index contributed by atoms with van der Waals surface area (Å²) in [6, 6.07) is 13.5. The van der Waals surface area contributed by atoms with Crippen LogP contribution < -0.4 is 10.2 Å². The SMILES string of the molecule is CCOC(=O)c1ccc(N[C@@H]2SC(=O)N(c3ccc(Br)cc3)C2=O)cc1. The number of nitrogens with zero attached hydrogens (tertiary/aromatic N) is 1. The van der Waals surface area contributed by atoms with Crippen molar-refractivity contribution in [2.45, 2.75) is 12.3 Å². The zero-order chi connectivity index (χ0) is 18.7. The largest absolute Gasteiger partial charge is 0.462 e. The summed E-state index contributed by atoms with van der Waals surface area (Å²) >= 11 is 4.24. The van der Waals surface area contributed by atoms with E-state index in [1.807, 2.05) is 0 Å². The number of amides is 2. The molecule has 6 nitrogen and oxygen atoms in total. The van der Waals surface area contributed by atoms with E-state index in [1.54, 1.807) is 55.5 Å². The quantitative estimate of drug-likeness (QED) is 0.708. The molecule has 0 radical (unpaired) electrons. The molecule has 1 atom stereocenters. The van der Waals surface area contributed by atoms with E-state index in [0.717, 1.165) is 21.1 Å². The molecule has 2 aromatic rings. The first-order valence-electron chi connectivity index (χ1n) is 7.83. The molecule has 0 unspecified atom stereocenters. The lowest BCUT2D eigenvalue weighted by Crippen LogP contribution is -2.34. The van der Waals surface area contributed by atoms with Gasteiger partial charge in [-0.1, -0.05) is 15.9 Å². The van der Waals surface area contributed by atoms with Crippen LogP contribution in [0.1, 0.15) is 17.3 Å². The molecule has 2 amide bonds. The molecule has 26 heavy (non-hydrogen) atoms. The second-order valence-electron chi connectivity index (χ2n) is 5.36. The summed E-state index contributed by atoms with van der Waals surface area (Å²) in [7, 11) is 0. The summed E-state index contributed by atoms with van der Waals surface area (Å²) in [6.07, 6.45) is 0. The molecule has 1 saturated heterocycles. The van der Waals surface area contributed by atoms with Gasteiger partial charge in [-0.05, 0) is 67.2 Å². The fraction of sp³-hybridized carbons (Fsp3) is 0.167. The van der Waals surface area contributed by atoms with Gasteiger partial charge in [-0.25, -0.2) is 9.69 Å². The lowest BCUT2D eigenvalue weighted by Gasteiger charge is -2.15. The van der Waals surface area contributed by atoms with Gasteiger partial charge in [0.1, 0.15) is 0 Å². The van der Waals surface area contributed by atoms with Gasteiger partial charge >= 0.3 is 5.97 Å². The van der Waals surface area contributed by atoms with E-state index in [1.165, 1.54) is 0 Å². The summed E-state index contributed by atoms with van der Waals surface area (Å²) < 4.78 is 5.80. The molecule has 0 bridgehead atoms. The van der Waals surface area contributed by atoms with Gasteiger partial charge in [0.25, 0.3) is 11.1 Å². The molecule has 0 saturated carbocycles.